The van der Waals surface area contributed by atoms with Gasteiger partial charge in [-0.2, -0.15) is 0 Å². The summed E-state index contributed by atoms with van der Waals surface area (Å²) in [5, 5.41) is 0. The Morgan fingerprint density at radius 3 is 2.62 bits per heavy atom. The molecule has 1 amide bonds. The summed E-state index contributed by atoms with van der Waals surface area (Å²) in [6.07, 6.45) is 0.338. The highest BCUT2D eigenvalue weighted by Crippen LogP contribution is 2.24. The maximum Gasteiger partial charge on any atom is 0.257 e. The lowest BCUT2D eigenvalue weighted by molar-refractivity contribution is 0.0660. The van der Waals surface area contributed by atoms with Crippen LogP contribution in [0.1, 0.15) is 22.5 Å². The monoisotopic (exact) mass is 415 g/mol. The van der Waals surface area contributed by atoms with Gasteiger partial charge in [-0.3, -0.25) is 4.79 Å². The summed E-state index contributed by atoms with van der Waals surface area (Å²) in [6, 6.07) is 8.56. The molecule has 0 radical (unpaired) electrons. The Bertz CT molecular complexity index is 864. The van der Waals surface area contributed by atoms with E-state index < -0.39 is 27.6 Å². The van der Waals surface area contributed by atoms with Gasteiger partial charge in [-0.05, 0) is 46.6 Å². The number of carbonyl (C=O) groups excluding carboxylic acids is 1. The van der Waals surface area contributed by atoms with Crippen molar-refractivity contribution in [3.8, 4) is 0 Å². The quantitative estimate of drug-likeness (QED) is 0.769. The average Bonchev–Trinajstić information content (AvgIpc) is 3.10. The van der Waals surface area contributed by atoms with Crippen LogP contribution in [0.4, 0.5) is 4.39 Å². The van der Waals surface area contributed by atoms with Crippen LogP contribution in [-0.2, 0) is 16.4 Å². The second-order valence-corrected chi connectivity index (χ2v) is 8.69. The third-order valence-electron chi connectivity index (χ3n) is 3.97. The number of amides is 1. The van der Waals surface area contributed by atoms with Crippen LogP contribution in [0.15, 0.2) is 45.5 Å². The Morgan fingerprint density at radius 2 is 2.04 bits per heavy atom. The Kier molecular flexibility index (Phi) is 4.78. The number of nitrogens with zero attached hydrogens (tertiary/aromatic N) is 1. The molecular formula is C16H15BrFNO4S. The van der Waals surface area contributed by atoms with Gasteiger partial charge in [0.15, 0.2) is 14.5 Å². The second-order valence-electron chi connectivity index (χ2n) is 5.68. The minimum absolute atomic E-state index is 0.0283. The van der Waals surface area contributed by atoms with Crippen LogP contribution in [0.2, 0.25) is 0 Å². The highest BCUT2D eigenvalue weighted by Gasteiger charge is 2.36. The lowest BCUT2D eigenvalue weighted by Crippen LogP contribution is -2.40. The number of halogens is 2. The van der Waals surface area contributed by atoms with E-state index in [2.05, 4.69) is 15.9 Å². The van der Waals surface area contributed by atoms with Gasteiger partial charge in [-0.25, -0.2) is 12.8 Å². The molecule has 1 aromatic heterocycles. The van der Waals surface area contributed by atoms with E-state index in [4.69, 9.17) is 4.42 Å². The van der Waals surface area contributed by atoms with Crippen molar-refractivity contribution in [1.82, 2.24) is 4.90 Å². The predicted molar refractivity (Wildman–Crippen MR) is 89.7 cm³/mol. The smallest absolute Gasteiger partial charge is 0.257 e. The molecule has 128 valence electrons. The number of hydrogen-bond donors (Lipinski definition) is 0. The Hall–Kier alpha value is -1.67. The van der Waals surface area contributed by atoms with Gasteiger partial charge >= 0.3 is 0 Å². The van der Waals surface area contributed by atoms with E-state index in [0.29, 0.717) is 16.9 Å². The first kappa shape index (κ1) is 17.2. The average molecular weight is 416 g/mol. The van der Waals surface area contributed by atoms with E-state index in [1.807, 2.05) is 0 Å². The van der Waals surface area contributed by atoms with Crippen LogP contribution >= 0.6 is 15.9 Å². The Labute approximate surface area is 147 Å². The molecule has 1 unspecified atom stereocenters. The summed E-state index contributed by atoms with van der Waals surface area (Å²) in [5.41, 5.74) is -0.0765. The lowest BCUT2D eigenvalue weighted by atomic mass is 10.1. The number of rotatable bonds is 4. The van der Waals surface area contributed by atoms with Crippen molar-refractivity contribution in [2.45, 2.75) is 19.0 Å². The van der Waals surface area contributed by atoms with Gasteiger partial charge < -0.3 is 9.32 Å². The highest BCUT2D eigenvalue weighted by molar-refractivity contribution is 9.10. The van der Waals surface area contributed by atoms with Crippen molar-refractivity contribution in [2.75, 3.05) is 11.5 Å². The molecule has 1 aliphatic rings. The van der Waals surface area contributed by atoms with E-state index in [-0.39, 0.29) is 23.6 Å². The predicted octanol–water partition coefficient (Wildman–Crippen LogP) is 3.01. The molecule has 24 heavy (non-hydrogen) atoms. The van der Waals surface area contributed by atoms with Gasteiger partial charge in [-0.1, -0.05) is 12.1 Å². The van der Waals surface area contributed by atoms with Crippen molar-refractivity contribution in [3.05, 3.63) is 58.2 Å². The summed E-state index contributed by atoms with van der Waals surface area (Å²) in [4.78, 5) is 14.2. The molecule has 1 saturated heterocycles. The molecule has 8 heteroatoms. The van der Waals surface area contributed by atoms with Gasteiger partial charge in [0.1, 0.15) is 11.6 Å². The van der Waals surface area contributed by atoms with Crippen molar-refractivity contribution < 1.29 is 22.0 Å². The minimum atomic E-state index is -3.18. The fourth-order valence-electron chi connectivity index (χ4n) is 2.78. The van der Waals surface area contributed by atoms with E-state index >= 15 is 0 Å². The van der Waals surface area contributed by atoms with Gasteiger partial charge in [0.2, 0.25) is 0 Å². The van der Waals surface area contributed by atoms with Crippen molar-refractivity contribution in [1.29, 1.82) is 0 Å². The first-order chi connectivity index (χ1) is 11.4. The third-order valence-corrected chi connectivity index (χ3v) is 6.15. The van der Waals surface area contributed by atoms with Gasteiger partial charge in [-0.15, -0.1) is 0 Å². The zero-order chi connectivity index (χ0) is 17.3. The van der Waals surface area contributed by atoms with Gasteiger partial charge in [0.25, 0.3) is 5.91 Å². The summed E-state index contributed by atoms with van der Waals surface area (Å²) < 4.78 is 43.5. The molecule has 1 fully saturated rings. The molecule has 0 saturated carbocycles. The van der Waals surface area contributed by atoms with Crippen LogP contribution in [0.3, 0.4) is 0 Å². The van der Waals surface area contributed by atoms with E-state index in [1.54, 1.807) is 18.2 Å². The van der Waals surface area contributed by atoms with Gasteiger partial charge in [0.05, 0.1) is 23.6 Å². The van der Waals surface area contributed by atoms with Crippen molar-refractivity contribution in [3.63, 3.8) is 0 Å². The molecule has 5 nitrogen and oxygen atoms in total. The summed E-state index contributed by atoms with van der Waals surface area (Å²) in [7, 11) is -3.18. The maximum atomic E-state index is 14.0. The first-order valence-corrected chi connectivity index (χ1v) is 9.97. The van der Waals surface area contributed by atoms with Crippen LogP contribution in [-0.4, -0.2) is 36.8 Å². The summed E-state index contributed by atoms with van der Waals surface area (Å²) >= 11 is 3.19. The Balaban J connectivity index is 1.92. The summed E-state index contributed by atoms with van der Waals surface area (Å²) in [5.74, 6) is -0.761. The number of carbonyl (C=O) groups is 1. The SMILES string of the molecule is O=C(c1ccccc1F)N(Cc1ccc(Br)o1)C1CCS(=O)(=O)C1. The second kappa shape index (κ2) is 6.68. The van der Waals surface area contributed by atoms with E-state index in [0.717, 1.165) is 0 Å². The topological polar surface area (TPSA) is 67.6 Å². The Morgan fingerprint density at radius 1 is 1.29 bits per heavy atom. The summed E-state index contributed by atoms with van der Waals surface area (Å²) in [6.45, 7) is 0.0823. The molecule has 1 aliphatic heterocycles. The minimum Gasteiger partial charge on any atom is -0.452 e. The van der Waals surface area contributed by atoms with Crippen LogP contribution < -0.4 is 0 Å². The molecule has 0 N–H and O–H groups in total. The number of hydrogen-bond acceptors (Lipinski definition) is 4. The van der Waals surface area contributed by atoms with E-state index in [1.165, 1.54) is 23.1 Å². The van der Waals surface area contributed by atoms with Crippen LogP contribution in [0, 0.1) is 5.82 Å². The normalized spacial score (nSPS) is 19.3. The third kappa shape index (κ3) is 3.70. The first-order valence-electron chi connectivity index (χ1n) is 7.36. The largest absolute Gasteiger partial charge is 0.452 e. The lowest BCUT2D eigenvalue weighted by Gasteiger charge is -2.27. The van der Waals surface area contributed by atoms with Crippen LogP contribution in [0.25, 0.3) is 0 Å². The molecule has 1 aromatic carbocycles. The fraction of sp³-hybridized carbons (Fsp3) is 0.312. The molecule has 0 spiro atoms. The molecule has 2 aromatic rings. The van der Waals surface area contributed by atoms with Crippen molar-refractivity contribution in [2.24, 2.45) is 0 Å². The zero-order valence-corrected chi connectivity index (χ0v) is 15.0. The molecule has 2 heterocycles. The maximum absolute atomic E-state index is 14.0. The fourth-order valence-corrected chi connectivity index (χ4v) is 4.85. The molecule has 1 atom stereocenters. The molecule has 0 aliphatic carbocycles. The highest BCUT2D eigenvalue weighted by atomic mass is 79.9. The zero-order valence-electron chi connectivity index (χ0n) is 12.6. The number of furan rings is 1. The standard InChI is InChI=1S/C16H15BrFNO4S/c17-15-6-5-12(23-15)9-19(11-7-8-24(21,22)10-11)16(20)13-3-1-2-4-14(13)18/h1-6,11H,7-10H2. The number of benzene rings is 1. The van der Waals surface area contributed by atoms with Crippen LogP contribution in [0.5, 0.6) is 0 Å². The molecule has 3 rings (SSSR count). The number of sulfone groups is 1. The van der Waals surface area contributed by atoms with E-state index in [9.17, 15) is 17.6 Å². The van der Waals surface area contributed by atoms with Gasteiger partial charge in [0, 0.05) is 6.04 Å². The molecular weight excluding hydrogens is 401 g/mol. The molecule has 0 bridgehead atoms. The van der Waals surface area contributed by atoms with Crippen molar-refractivity contribution >= 4 is 31.7 Å².